The van der Waals surface area contributed by atoms with Crippen LogP contribution >= 0.6 is 0 Å². The third-order valence-electron chi connectivity index (χ3n) is 10.00. The number of benzene rings is 1. The number of likely N-dealkylation sites (tertiary alicyclic amines) is 1. The molecule has 4 rings (SSSR count). The molecular weight excluding hydrogens is 486 g/mol. The van der Waals surface area contributed by atoms with Gasteiger partial charge in [-0.25, -0.2) is 0 Å². The number of imide groups is 1. The fraction of sp³-hybridized carbons (Fsp3) is 0.727. The lowest BCUT2D eigenvalue weighted by Gasteiger charge is -2.56. The highest BCUT2D eigenvalue weighted by Gasteiger charge is 2.47. The Morgan fingerprint density at radius 2 is 1.79 bits per heavy atom. The highest BCUT2D eigenvalue weighted by molar-refractivity contribution is 6.07. The van der Waals surface area contributed by atoms with Crippen molar-refractivity contribution in [3.63, 3.8) is 0 Å². The fourth-order valence-electron chi connectivity index (χ4n) is 7.25. The summed E-state index contributed by atoms with van der Waals surface area (Å²) in [4.78, 5) is 41.7. The van der Waals surface area contributed by atoms with Crippen molar-refractivity contribution in [1.82, 2.24) is 10.2 Å². The Kier molecular flexibility index (Phi) is 9.90. The van der Waals surface area contributed by atoms with Crippen molar-refractivity contribution in [3.05, 3.63) is 29.3 Å². The standard InChI is InChI=1S/C33H51N3O3/c1-6-9-27(12-10-23(4)7-2)35-21-33(22-35)18-16-25(17-19-33)26-11-13-28(24(5)20-26)36(31(38)8-3)29-14-15-30(37)34-32(29)39/h11,13,20,23,25,27,29H,6-10,12,14-19,21-22H2,1-5H3,(H,34,37,39). The molecule has 0 bridgehead atoms. The molecule has 6 heteroatoms. The van der Waals surface area contributed by atoms with E-state index in [9.17, 15) is 14.4 Å². The zero-order chi connectivity index (χ0) is 28.2. The Morgan fingerprint density at radius 3 is 2.38 bits per heavy atom. The van der Waals surface area contributed by atoms with E-state index >= 15 is 0 Å². The summed E-state index contributed by atoms with van der Waals surface area (Å²) in [6, 6.07) is 6.58. The van der Waals surface area contributed by atoms with Gasteiger partial charge in [-0.3, -0.25) is 29.5 Å². The van der Waals surface area contributed by atoms with Gasteiger partial charge in [-0.1, -0.05) is 52.7 Å². The maximum atomic E-state index is 13.0. The lowest BCUT2D eigenvalue weighted by atomic mass is 9.64. The van der Waals surface area contributed by atoms with E-state index in [2.05, 4.69) is 43.1 Å². The Labute approximate surface area is 236 Å². The SMILES string of the molecule is CCCC(CCC(C)CC)N1CC2(CCC(c3ccc(N(C(=O)CC)C4CCC(=O)NC4=O)c(C)c3)CC2)C1. The second-order valence-corrected chi connectivity index (χ2v) is 12.8. The summed E-state index contributed by atoms with van der Waals surface area (Å²) >= 11 is 0. The average molecular weight is 538 g/mol. The Hall–Kier alpha value is -2.21. The Morgan fingerprint density at radius 1 is 1.08 bits per heavy atom. The normalized spacial score (nSPS) is 23.3. The molecule has 0 radical (unpaired) electrons. The second-order valence-electron chi connectivity index (χ2n) is 12.8. The largest absolute Gasteiger partial charge is 0.300 e. The molecular formula is C33H51N3O3. The Bertz CT molecular complexity index is 1020. The van der Waals surface area contributed by atoms with Crippen LogP contribution in [0.4, 0.5) is 5.69 Å². The van der Waals surface area contributed by atoms with Crippen molar-refractivity contribution >= 4 is 23.4 Å². The predicted molar refractivity (Wildman–Crippen MR) is 158 cm³/mol. The van der Waals surface area contributed by atoms with Crippen LogP contribution in [0, 0.1) is 18.3 Å². The number of carbonyl (C=O) groups excluding carboxylic acids is 3. The van der Waals surface area contributed by atoms with Gasteiger partial charge >= 0.3 is 0 Å². The van der Waals surface area contributed by atoms with E-state index in [1.54, 1.807) is 4.90 Å². The lowest BCUT2D eigenvalue weighted by Crippen LogP contribution is -2.60. The molecule has 3 unspecified atom stereocenters. The van der Waals surface area contributed by atoms with Gasteiger partial charge in [0.1, 0.15) is 6.04 Å². The minimum Gasteiger partial charge on any atom is -0.300 e. The third kappa shape index (κ3) is 6.75. The van der Waals surface area contributed by atoms with Crippen molar-refractivity contribution in [1.29, 1.82) is 0 Å². The molecule has 0 aromatic heterocycles. The molecule has 2 saturated heterocycles. The number of carbonyl (C=O) groups is 3. The van der Waals surface area contributed by atoms with Gasteiger partial charge in [0.05, 0.1) is 0 Å². The summed E-state index contributed by atoms with van der Waals surface area (Å²) < 4.78 is 0. The molecule has 1 spiro atoms. The summed E-state index contributed by atoms with van der Waals surface area (Å²) in [6.45, 7) is 13.5. The maximum Gasteiger partial charge on any atom is 0.249 e. The van der Waals surface area contributed by atoms with Crippen molar-refractivity contribution in [2.75, 3.05) is 18.0 Å². The van der Waals surface area contributed by atoms with Crippen LogP contribution in [-0.4, -0.2) is 47.8 Å². The van der Waals surface area contributed by atoms with Gasteiger partial charge in [0, 0.05) is 37.7 Å². The van der Waals surface area contributed by atoms with E-state index in [0.717, 1.165) is 23.2 Å². The fourth-order valence-corrected chi connectivity index (χ4v) is 7.25. The molecule has 1 aromatic carbocycles. The number of piperidine rings is 1. The van der Waals surface area contributed by atoms with E-state index in [-0.39, 0.29) is 24.1 Å². The van der Waals surface area contributed by atoms with E-state index in [0.29, 0.717) is 24.2 Å². The summed E-state index contributed by atoms with van der Waals surface area (Å²) in [5, 5.41) is 2.42. The highest BCUT2D eigenvalue weighted by Crippen LogP contribution is 2.49. The molecule has 2 aliphatic heterocycles. The van der Waals surface area contributed by atoms with Crippen LogP contribution in [0.1, 0.15) is 122 Å². The molecule has 6 nitrogen and oxygen atoms in total. The smallest absolute Gasteiger partial charge is 0.249 e. The van der Waals surface area contributed by atoms with Crippen molar-refractivity contribution in [2.45, 2.75) is 130 Å². The van der Waals surface area contributed by atoms with Gasteiger partial charge in [0.25, 0.3) is 0 Å². The predicted octanol–water partition coefficient (Wildman–Crippen LogP) is 6.50. The van der Waals surface area contributed by atoms with E-state index in [4.69, 9.17) is 0 Å². The number of nitrogens with zero attached hydrogens (tertiary/aromatic N) is 2. The molecule has 3 fully saturated rings. The second kappa shape index (κ2) is 13.0. The van der Waals surface area contributed by atoms with Crippen molar-refractivity contribution in [3.8, 4) is 0 Å². The molecule has 1 saturated carbocycles. The summed E-state index contributed by atoms with van der Waals surface area (Å²) in [7, 11) is 0. The molecule has 216 valence electrons. The highest BCUT2D eigenvalue weighted by atomic mass is 16.2. The molecule has 3 aliphatic rings. The minimum atomic E-state index is -0.627. The molecule has 2 heterocycles. The lowest BCUT2D eigenvalue weighted by molar-refractivity contribution is -0.135. The minimum absolute atomic E-state index is 0.0833. The zero-order valence-corrected chi connectivity index (χ0v) is 25.1. The van der Waals surface area contributed by atoms with Gasteiger partial charge < -0.3 is 0 Å². The zero-order valence-electron chi connectivity index (χ0n) is 25.1. The van der Waals surface area contributed by atoms with Crippen LogP contribution in [-0.2, 0) is 14.4 Å². The summed E-state index contributed by atoms with van der Waals surface area (Å²) in [5.74, 6) is 0.676. The summed E-state index contributed by atoms with van der Waals surface area (Å²) in [6.07, 6.45) is 12.6. The molecule has 3 amide bonds. The molecule has 39 heavy (non-hydrogen) atoms. The van der Waals surface area contributed by atoms with E-state index in [1.807, 2.05) is 19.9 Å². The van der Waals surface area contributed by atoms with Crippen LogP contribution in [0.25, 0.3) is 0 Å². The number of hydrogen-bond acceptors (Lipinski definition) is 4. The van der Waals surface area contributed by atoms with Gasteiger partial charge in [0.15, 0.2) is 0 Å². The topological polar surface area (TPSA) is 69.7 Å². The van der Waals surface area contributed by atoms with E-state index < -0.39 is 6.04 Å². The van der Waals surface area contributed by atoms with Crippen LogP contribution in [0.15, 0.2) is 18.2 Å². The third-order valence-corrected chi connectivity index (χ3v) is 10.00. The number of hydrogen-bond donors (Lipinski definition) is 1. The first-order chi connectivity index (χ1) is 18.7. The van der Waals surface area contributed by atoms with Crippen LogP contribution in [0.5, 0.6) is 0 Å². The first-order valence-corrected chi connectivity index (χ1v) is 15.7. The van der Waals surface area contributed by atoms with Crippen LogP contribution in [0.2, 0.25) is 0 Å². The Balaban J connectivity index is 1.37. The van der Waals surface area contributed by atoms with Gasteiger partial charge in [-0.05, 0) is 92.7 Å². The summed E-state index contributed by atoms with van der Waals surface area (Å²) in [5.41, 5.74) is 3.69. The quantitative estimate of drug-likeness (QED) is 0.327. The van der Waals surface area contributed by atoms with E-state index in [1.165, 1.54) is 76.4 Å². The first kappa shape index (κ1) is 29.8. The van der Waals surface area contributed by atoms with Gasteiger partial charge in [0.2, 0.25) is 17.7 Å². The van der Waals surface area contributed by atoms with Crippen molar-refractivity contribution in [2.24, 2.45) is 11.3 Å². The number of aryl methyl sites for hydroxylation is 1. The first-order valence-electron chi connectivity index (χ1n) is 15.7. The number of rotatable bonds is 11. The maximum absolute atomic E-state index is 13.0. The molecule has 3 atom stereocenters. The van der Waals surface area contributed by atoms with Gasteiger partial charge in [-0.15, -0.1) is 0 Å². The van der Waals surface area contributed by atoms with Crippen LogP contribution < -0.4 is 10.2 Å². The monoisotopic (exact) mass is 537 g/mol. The van der Waals surface area contributed by atoms with Gasteiger partial charge in [-0.2, -0.15) is 0 Å². The molecule has 1 aromatic rings. The van der Waals surface area contributed by atoms with Crippen LogP contribution in [0.3, 0.4) is 0 Å². The number of anilines is 1. The number of nitrogens with one attached hydrogen (secondary N) is 1. The molecule has 1 N–H and O–H groups in total. The van der Waals surface area contributed by atoms with Crippen molar-refractivity contribution < 1.29 is 14.4 Å². The number of amides is 3. The average Bonchev–Trinajstić information content (AvgIpc) is 2.91. The molecule has 1 aliphatic carbocycles.